The van der Waals surface area contributed by atoms with Crippen molar-refractivity contribution in [3.8, 4) is 0 Å². The second kappa shape index (κ2) is 11.0. The third-order valence-corrected chi connectivity index (χ3v) is 10.2. The summed E-state index contributed by atoms with van der Waals surface area (Å²) in [5, 5.41) is 1.57. The van der Waals surface area contributed by atoms with E-state index in [9.17, 15) is 74.3 Å². The van der Waals surface area contributed by atoms with Gasteiger partial charge in [-0.1, -0.05) is 0 Å². The number of nitrogens with zero attached hydrogens (tertiary/aromatic N) is 1. The zero-order valence-corrected chi connectivity index (χ0v) is 20.8. The number of nitrogens with two attached hydrogens (primary N) is 1. The van der Waals surface area contributed by atoms with Crippen LogP contribution in [0.25, 0.3) is 0 Å². The van der Waals surface area contributed by atoms with Gasteiger partial charge >= 0.3 is 158 Å². The van der Waals surface area contributed by atoms with Crippen molar-refractivity contribution in [1.29, 1.82) is 0 Å². The molecule has 0 saturated heterocycles. The summed E-state index contributed by atoms with van der Waals surface area (Å²) in [4.78, 5) is 5.02. The van der Waals surface area contributed by atoms with E-state index in [0.29, 0.717) is 0 Å². The molecule has 1 aromatic rings. The zero-order valence-electron chi connectivity index (χ0n) is 19.9. The predicted molar refractivity (Wildman–Crippen MR) is 107 cm³/mol. The van der Waals surface area contributed by atoms with E-state index < -0.39 is 68.6 Å². The number of pyridine rings is 1. The van der Waals surface area contributed by atoms with E-state index in [1.165, 1.54) is 5.69 Å². The number of nitrogens with one attached hydrogen (secondary N) is 2. The topological polar surface area (TPSA) is 64.7 Å². The average molecular weight is 652 g/mol. The molecule has 0 atom stereocenters. The first kappa shape index (κ1) is 38.1. The predicted octanol–water partition coefficient (Wildman–Crippen LogP) is 6.36. The summed E-state index contributed by atoms with van der Waals surface area (Å²) >= 11 is 0. The quantitative estimate of drug-likeness (QED) is 0.176. The first-order chi connectivity index (χ1) is 17.5. The van der Waals surface area contributed by atoms with Gasteiger partial charge in [-0.2, -0.15) is 0 Å². The van der Waals surface area contributed by atoms with Crippen LogP contribution >= 0.6 is 6.79 Å². The third-order valence-electron chi connectivity index (χ3n) is 5.05. The third kappa shape index (κ3) is 5.23. The van der Waals surface area contributed by atoms with E-state index in [0.717, 1.165) is 0 Å². The number of halogens is 17. The SMILES string of the molecule is CN(C)c1cc[nH+]cc1.NCCNCCO[P-](F)(F)(C(F)(F)C(F)(F)F)(C(F)(F)C(F)(F)F)C(F)(F)C(F)(F)F. The molecule has 0 aliphatic heterocycles. The molecule has 23 heteroatoms. The molecule has 0 aromatic carbocycles. The van der Waals surface area contributed by atoms with Crippen molar-refractivity contribution in [2.75, 3.05) is 45.2 Å². The molecule has 0 aliphatic carbocycles. The Morgan fingerprint density at radius 1 is 0.725 bits per heavy atom. The zero-order chi connectivity index (χ0) is 32.3. The van der Waals surface area contributed by atoms with Gasteiger partial charge in [0.25, 0.3) is 0 Å². The molecule has 0 amide bonds. The summed E-state index contributed by atoms with van der Waals surface area (Å²) in [6.07, 6.45) is -21.7. The van der Waals surface area contributed by atoms with Crippen LogP contribution in [0.15, 0.2) is 24.5 Å². The Balaban J connectivity index is 0.00000141. The molecule has 0 fully saturated rings. The molecule has 5 nitrogen and oxygen atoms in total. The van der Waals surface area contributed by atoms with Crippen molar-refractivity contribution >= 4 is 12.5 Å². The standard InChI is InChI=1S/C10H11F17N2OP.C7H10N2/c11-5(12,13)8(20,21)31(26,27,9(22,23)6(14,15)16,10(24,25)7(17,18)19)30-4-3-29-2-1-28;1-9(2)7-3-5-8-6-4-7/h29H,1-4,28H2;3-6H,1-2H3/q-1;/p+1. The number of aromatic nitrogens is 1. The van der Waals surface area contributed by atoms with Crippen LogP contribution < -0.4 is 20.9 Å². The van der Waals surface area contributed by atoms with Crippen LogP contribution in [0.5, 0.6) is 0 Å². The molecule has 240 valence electrons. The van der Waals surface area contributed by atoms with E-state index >= 15 is 0 Å². The van der Waals surface area contributed by atoms with E-state index in [1.54, 1.807) is 5.32 Å². The Hall–Kier alpha value is -1.93. The van der Waals surface area contributed by atoms with Crippen LogP contribution in [0.4, 0.5) is 79.9 Å². The van der Waals surface area contributed by atoms with Crippen molar-refractivity contribution in [1.82, 2.24) is 5.32 Å². The molecular formula is C17H22F17N4OP. The second-order valence-electron chi connectivity index (χ2n) is 7.96. The molecular weight excluding hydrogens is 630 g/mol. The molecule has 1 aromatic heterocycles. The summed E-state index contributed by atoms with van der Waals surface area (Å²) in [5.74, 6) is 0. The van der Waals surface area contributed by atoms with Crippen molar-refractivity contribution in [2.24, 2.45) is 5.73 Å². The molecule has 0 saturated carbocycles. The molecule has 40 heavy (non-hydrogen) atoms. The van der Waals surface area contributed by atoms with Crippen molar-refractivity contribution in [3.63, 3.8) is 0 Å². The molecule has 1 heterocycles. The van der Waals surface area contributed by atoms with Gasteiger partial charge in [-0.15, -0.1) is 0 Å². The fourth-order valence-corrected chi connectivity index (χ4v) is 6.52. The van der Waals surface area contributed by atoms with E-state index in [1.807, 2.05) is 43.1 Å². The second-order valence-corrected chi connectivity index (χ2v) is 12.5. The number of rotatable bonds is 10. The number of aromatic amines is 1. The molecule has 0 aliphatic rings. The molecule has 1 rings (SSSR count). The Labute approximate surface area is 213 Å². The van der Waals surface area contributed by atoms with Gasteiger partial charge in [0, 0.05) is 31.9 Å². The minimum absolute atomic E-state index is 0.521. The summed E-state index contributed by atoms with van der Waals surface area (Å²) in [6.45, 7) is -20.2. The number of alkyl halides is 15. The molecule has 0 bridgehead atoms. The van der Waals surface area contributed by atoms with Gasteiger partial charge in [-0.25, -0.2) is 4.98 Å². The van der Waals surface area contributed by atoms with Crippen molar-refractivity contribution < 1.29 is 83.8 Å². The Morgan fingerprint density at radius 3 is 1.32 bits per heavy atom. The summed E-state index contributed by atoms with van der Waals surface area (Å²) in [7, 11) is 4.05. The van der Waals surface area contributed by atoms with Crippen molar-refractivity contribution in [3.05, 3.63) is 24.5 Å². The minimum atomic E-state index is -14.2. The van der Waals surface area contributed by atoms with Gasteiger partial charge in [0.15, 0.2) is 12.4 Å². The fourth-order valence-electron chi connectivity index (χ4n) is 2.82. The fraction of sp³-hybridized carbons (Fsp3) is 0.706. The number of anilines is 1. The molecule has 0 radical (unpaired) electrons. The molecule has 4 N–H and O–H groups in total. The maximum atomic E-state index is 15.0. The Kier molecular flexibility index (Phi) is 10.5. The number of hydrogen-bond acceptors (Lipinski definition) is 4. The Bertz CT molecular complexity index is 903. The van der Waals surface area contributed by atoms with Gasteiger partial charge < -0.3 is 4.90 Å². The summed E-state index contributed by atoms with van der Waals surface area (Å²) in [6, 6.07) is 4.06. The number of H-pyrrole nitrogens is 1. The summed E-state index contributed by atoms with van der Waals surface area (Å²) < 4.78 is 227. The maximum absolute atomic E-state index is 15.0. The monoisotopic (exact) mass is 652 g/mol. The van der Waals surface area contributed by atoms with E-state index in [2.05, 4.69) is 9.88 Å². The van der Waals surface area contributed by atoms with E-state index in [4.69, 9.17) is 5.73 Å². The van der Waals surface area contributed by atoms with Gasteiger partial charge in [-0.05, 0) is 0 Å². The molecule has 0 unspecified atom stereocenters. The van der Waals surface area contributed by atoms with Crippen LogP contribution in [0.2, 0.25) is 0 Å². The van der Waals surface area contributed by atoms with Crippen LogP contribution in [0.1, 0.15) is 0 Å². The van der Waals surface area contributed by atoms with Crippen LogP contribution in [0, 0.1) is 0 Å². The first-order valence-corrected chi connectivity index (χ1v) is 12.5. The normalized spacial score (nSPS) is 16.0. The van der Waals surface area contributed by atoms with Gasteiger partial charge in [0.2, 0.25) is 0 Å². The number of hydrogen-bond donors (Lipinski definition) is 2. The Morgan fingerprint density at radius 2 is 1.07 bits per heavy atom. The van der Waals surface area contributed by atoms with Gasteiger partial charge in [0.05, 0.1) is 0 Å². The summed E-state index contributed by atoms with van der Waals surface area (Å²) in [5.41, 5.74) is -22.1. The molecule has 0 spiro atoms. The van der Waals surface area contributed by atoms with Crippen LogP contribution in [-0.2, 0) is 4.52 Å². The van der Waals surface area contributed by atoms with E-state index in [-0.39, 0.29) is 0 Å². The van der Waals surface area contributed by atoms with Gasteiger partial charge in [-0.3, -0.25) is 0 Å². The van der Waals surface area contributed by atoms with Crippen LogP contribution in [-0.4, -0.2) is 75.9 Å². The van der Waals surface area contributed by atoms with Gasteiger partial charge in [0.1, 0.15) is 0 Å². The average Bonchev–Trinajstić information content (AvgIpc) is 2.77. The van der Waals surface area contributed by atoms with Crippen LogP contribution in [0.3, 0.4) is 0 Å². The first-order valence-electron chi connectivity index (χ1n) is 10.1. The van der Waals surface area contributed by atoms with Crippen molar-refractivity contribution in [2.45, 2.75) is 35.5 Å².